The molecule has 1 rings (SSSR count). The van der Waals surface area contributed by atoms with Gasteiger partial charge in [0.2, 0.25) is 0 Å². The maximum atomic E-state index is 12.5. The van der Waals surface area contributed by atoms with Crippen molar-refractivity contribution in [2.75, 3.05) is 0 Å². The van der Waals surface area contributed by atoms with E-state index in [4.69, 9.17) is 0 Å². The zero-order valence-corrected chi connectivity index (χ0v) is 9.39. The summed E-state index contributed by atoms with van der Waals surface area (Å²) >= 11 is 2.77. The highest BCUT2D eigenvalue weighted by molar-refractivity contribution is 9.10. The van der Waals surface area contributed by atoms with Gasteiger partial charge < -0.3 is 0 Å². The Hall–Kier alpha value is -0.720. The van der Waals surface area contributed by atoms with Crippen LogP contribution in [-0.2, 0) is 12.4 Å². The van der Waals surface area contributed by atoms with E-state index < -0.39 is 29.0 Å². The van der Waals surface area contributed by atoms with Gasteiger partial charge in [-0.15, -0.1) is 0 Å². The van der Waals surface area contributed by atoms with E-state index in [0.29, 0.717) is 6.07 Å². The molecule has 1 aromatic rings. The lowest BCUT2D eigenvalue weighted by Gasteiger charge is -2.18. The van der Waals surface area contributed by atoms with Crippen molar-refractivity contribution >= 4 is 15.9 Å². The van der Waals surface area contributed by atoms with Crippen molar-refractivity contribution in [1.82, 2.24) is 0 Å². The molecule has 0 bridgehead atoms. The molecule has 0 amide bonds. The highest BCUT2D eigenvalue weighted by Gasteiger charge is 2.44. The molecule has 0 aliphatic heterocycles. The van der Waals surface area contributed by atoms with Gasteiger partial charge in [0.15, 0.2) is 0 Å². The van der Waals surface area contributed by atoms with Gasteiger partial charge in [0.1, 0.15) is 0 Å². The Kier molecular flexibility index (Phi) is 3.29. The van der Waals surface area contributed by atoms with E-state index in [1.807, 2.05) is 0 Å². The summed E-state index contributed by atoms with van der Waals surface area (Å²) in [5, 5.41) is 0. The van der Waals surface area contributed by atoms with Crippen molar-refractivity contribution in [3.63, 3.8) is 0 Å². The van der Waals surface area contributed by atoms with Gasteiger partial charge in [-0.25, -0.2) is 0 Å². The molecule has 0 radical (unpaired) electrons. The molecule has 0 N–H and O–H groups in total. The third kappa shape index (κ3) is 2.50. The molecule has 16 heavy (non-hydrogen) atoms. The second-order valence-corrected chi connectivity index (χ2v) is 3.94. The Labute approximate surface area is 95.4 Å². The van der Waals surface area contributed by atoms with Gasteiger partial charge in [0, 0.05) is 4.47 Å². The molecule has 90 valence electrons. The molecule has 0 fully saturated rings. The van der Waals surface area contributed by atoms with E-state index in [0.717, 1.165) is 13.0 Å². The Balaban J connectivity index is 3.59. The molecule has 0 nitrogen and oxygen atoms in total. The fourth-order valence-electron chi connectivity index (χ4n) is 1.29. The van der Waals surface area contributed by atoms with Crippen molar-refractivity contribution in [1.29, 1.82) is 0 Å². The van der Waals surface area contributed by atoms with Crippen molar-refractivity contribution in [3.8, 4) is 0 Å². The first-order chi connectivity index (χ1) is 7.05. The minimum absolute atomic E-state index is 0.00664. The fourth-order valence-corrected chi connectivity index (χ4v) is 1.62. The summed E-state index contributed by atoms with van der Waals surface area (Å²) in [6, 6.07) is 1.37. The number of hydrogen-bond acceptors (Lipinski definition) is 0. The van der Waals surface area contributed by atoms with Crippen molar-refractivity contribution < 1.29 is 26.3 Å². The predicted molar refractivity (Wildman–Crippen MR) is 48.9 cm³/mol. The summed E-state index contributed by atoms with van der Waals surface area (Å²) < 4.78 is 74.6. The summed E-state index contributed by atoms with van der Waals surface area (Å²) in [7, 11) is 0. The van der Waals surface area contributed by atoms with Crippen LogP contribution in [0.1, 0.15) is 16.7 Å². The largest absolute Gasteiger partial charge is 0.417 e. The first-order valence-electron chi connectivity index (χ1n) is 3.98. The van der Waals surface area contributed by atoms with E-state index in [1.54, 1.807) is 0 Å². The van der Waals surface area contributed by atoms with Crippen molar-refractivity contribution in [2.24, 2.45) is 0 Å². The molecule has 0 heterocycles. The molecule has 1 aromatic carbocycles. The van der Waals surface area contributed by atoms with Crippen LogP contribution in [0.15, 0.2) is 16.6 Å². The van der Waals surface area contributed by atoms with Gasteiger partial charge in [-0.2, -0.15) is 26.3 Å². The van der Waals surface area contributed by atoms with E-state index in [9.17, 15) is 26.3 Å². The lowest BCUT2D eigenvalue weighted by molar-refractivity contribution is -0.162. The van der Waals surface area contributed by atoms with E-state index in [1.165, 1.54) is 0 Å². The Morgan fingerprint density at radius 3 is 1.81 bits per heavy atom. The average molecular weight is 307 g/mol. The first-order valence-corrected chi connectivity index (χ1v) is 4.78. The monoisotopic (exact) mass is 306 g/mol. The highest BCUT2D eigenvalue weighted by Crippen LogP contribution is 2.43. The molecule has 0 atom stereocenters. The zero-order valence-electron chi connectivity index (χ0n) is 7.80. The summed E-state index contributed by atoms with van der Waals surface area (Å²) in [6.45, 7) is 0.988. The van der Waals surface area contributed by atoms with E-state index in [-0.39, 0.29) is 4.47 Å². The van der Waals surface area contributed by atoms with Crippen LogP contribution in [0.25, 0.3) is 0 Å². The van der Waals surface area contributed by atoms with Crippen LogP contribution in [0.5, 0.6) is 0 Å². The summed E-state index contributed by atoms with van der Waals surface area (Å²) in [5.41, 5.74) is -3.78. The summed E-state index contributed by atoms with van der Waals surface area (Å²) in [6.07, 6.45) is -10.0. The molecule has 0 aromatic heterocycles. The first kappa shape index (κ1) is 13.3. The molecular weight excluding hydrogens is 302 g/mol. The maximum absolute atomic E-state index is 12.5. The van der Waals surface area contributed by atoms with Gasteiger partial charge in [0.25, 0.3) is 0 Å². The third-order valence-electron chi connectivity index (χ3n) is 1.99. The van der Waals surface area contributed by atoms with Crippen LogP contribution < -0.4 is 0 Å². The second-order valence-electron chi connectivity index (χ2n) is 3.09. The molecule has 0 unspecified atom stereocenters. The normalized spacial score (nSPS) is 13.0. The molecule has 0 aliphatic rings. The highest BCUT2D eigenvalue weighted by atomic mass is 79.9. The fraction of sp³-hybridized carbons (Fsp3) is 0.333. The smallest absolute Gasteiger partial charge is 0.166 e. The van der Waals surface area contributed by atoms with Gasteiger partial charge in [-0.3, -0.25) is 0 Å². The Morgan fingerprint density at radius 2 is 1.44 bits per heavy atom. The molecule has 0 spiro atoms. The van der Waals surface area contributed by atoms with Crippen molar-refractivity contribution in [2.45, 2.75) is 19.3 Å². The van der Waals surface area contributed by atoms with Crippen LogP contribution in [-0.4, -0.2) is 0 Å². The number of hydrogen-bond donors (Lipinski definition) is 0. The minimum atomic E-state index is -5.03. The van der Waals surface area contributed by atoms with Crippen LogP contribution in [0, 0.1) is 6.92 Å². The predicted octanol–water partition coefficient (Wildman–Crippen LogP) is 4.80. The molecule has 0 saturated carbocycles. The van der Waals surface area contributed by atoms with E-state index >= 15 is 0 Å². The zero-order chi connectivity index (χ0) is 12.7. The van der Waals surface area contributed by atoms with Crippen LogP contribution >= 0.6 is 15.9 Å². The van der Waals surface area contributed by atoms with Crippen LogP contribution in [0.4, 0.5) is 26.3 Å². The quantitative estimate of drug-likeness (QED) is 0.604. The lowest BCUT2D eigenvalue weighted by atomic mass is 10.0. The topological polar surface area (TPSA) is 0 Å². The number of alkyl halides is 6. The Bertz CT molecular complexity index is 404. The SMILES string of the molecule is Cc1c(Br)ccc(C(F)(F)F)c1C(F)(F)F. The molecule has 0 saturated heterocycles. The van der Waals surface area contributed by atoms with Gasteiger partial charge >= 0.3 is 12.4 Å². The number of halogens is 7. The summed E-state index contributed by atoms with van der Waals surface area (Å²) in [5.74, 6) is 0. The molecule has 7 heteroatoms. The number of benzene rings is 1. The van der Waals surface area contributed by atoms with E-state index in [2.05, 4.69) is 15.9 Å². The minimum Gasteiger partial charge on any atom is -0.166 e. The van der Waals surface area contributed by atoms with Crippen molar-refractivity contribution in [3.05, 3.63) is 33.3 Å². The van der Waals surface area contributed by atoms with Crippen LogP contribution in [0.2, 0.25) is 0 Å². The average Bonchev–Trinajstić information content (AvgIpc) is 2.05. The third-order valence-corrected chi connectivity index (χ3v) is 2.85. The Morgan fingerprint density at radius 1 is 0.938 bits per heavy atom. The molecule has 0 aliphatic carbocycles. The van der Waals surface area contributed by atoms with Gasteiger partial charge in [0.05, 0.1) is 11.1 Å². The molecular formula is C9H5BrF6. The number of rotatable bonds is 0. The standard InChI is InChI=1S/C9H5BrF6/c1-4-6(10)3-2-5(8(11,12)13)7(4)9(14,15)16/h2-3H,1H3. The van der Waals surface area contributed by atoms with Gasteiger partial charge in [-0.05, 0) is 24.6 Å². The maximum Gasteiger partial charge on any atom is 0.417 e. The van der Waals surface area contributed by atoms with Crippen LogP contribution in [0.3, 0.4) is 0 Å². The van der Waals surface area contributed by atoms with Gasteiger partial charge in [-0.1, -0.05) is 15.9 Å². The second kappa shape index (κ2) is 3.94. The summed E-state index contributed by atoms with van der Waals surface area (Å²) in [4.78, 5) is 0. The lowest BCUT2D eigenvalue weighted by Crippen LogP contribution is -2.18.